The molecule has 1 aliphatic rings. The van der Waals surface area contributed by atoms with Crippen molar-refractivity contribution in [3.05, 3.63) is 18.1 Å². The van der Waals surface area contributed by atoms with Crippen LogP contribution in [0.5, 0.6) is 0 Å². The molecule has 4 N–H and O–H groups in total. The summed E-state index contributed by atoms with van der Waals surface area (Å²) in [7, 11) is 0. The first kappa shape index (κ1) is 14.3. The molecule has 3 atom stereocenters. The maximum atomic E-state index is 9.81. The van der Waals surface area contributed by atoms with Crippen LogP contribution < -0.4 is 5.32 Å². The van der Waals surface area contributed by atoms with Gasteiger partial charge in [-0.3, -0.25) is 0 Å². The van der Waals surface area contributed by atoms with E-state index in [0.717, 1.165) is 29.1 Å². The molecule has 114 valence electrons. The van der Waals surface area contributed by atoms with Crippen molar-refractivity contribution in [3.8, 4) is 0 Å². The zero-order valence-electron chi connectivity index (χ0n) is 12.4. The Balaban J connectivity index is 1.87. The number of hydrogen-bond acceptors (Lipinski definition) is 5. The predicted octanol–water partition coefficient (Wildman–Crippen LogP) is 1.77. The normalized spacial score (nSPS) is 26.4. The lowest BCUT2D eigenvalue weighted by atomic mass is 9.90. The summed E-state index contributed by atoms with van der Waals surface area (Å²) in [6, 6.07) is 2.08. The zero-order valence-corrected chi connectivity index (χ0v) is 12.4. The number of hydrogen-bond donors (Lipinski definition) is 4. The van der Waals surface area contributed by atoms with E-state index in [4.69, 9.17) is 0 Å². The third kappa shape index (κ3) is 2.87. The molecule has 6 nitrogen and oxygen atoms in total. The van der Waals surface area contributed by atoms with Crippen molar-refractivity contribution >= 4 is 16.9 Å². The smallest absolute Gasteiger partial charge is 0.143 e. The second kappa shape index (κ2) is 5.61. The van der Waals surface area contributed by atoms with E-state index in [-0.39, 0.29) is 12.0 Å². The van der Waals surface area contributed by atoms with Gasteiger partial charge in [0, 0.05) is 18.2 Å². The summed E-state index contributed by atoms with van der Waals surface area (Å²) in [5, 5.41) is 23.8. The molecule has 0 saturated heterocycles. The molecule has 0 radical (unpaired) electrons. The van der Waals surface area contributed by atoms with E-state index in [1.54, 1.807) is 0 Å². The minimum atomic E-state index is -0.663. The number of H-pyrrole nitrogens is 1. The first-order valence-corrected chi connectivity index (χ1v) is 7.52. The van der Waals surface area contributed by atoms with E-state index < -0.39 is 12.2 Å². The summed E-state index contributed by atoms with van der Waals surface area (Å²) in [5.74, 6) is 1.85. The van der Waals surface area contributed by atoms with Gasteiger partial charge in [0.15, 0.2) is 0 Å². The van der Waals surface area contributed by atoms with E-state index >= 15 is 0 Å². The Morgan fingerprint density at radius 2 is 2.05 bits per heavy atom. The molecule has 1 fully saturated rings. The third-order valence-corrected chi connectivity index (χ3v) is 4.07. The van der Waals surface area contributed by atoms with Crippen LogP contribution in [0.2, 0.25) is 0 Å². The minimum Gasteiger partial charge on any atom is -0.390 e. The van der Waals surface area contributed by atoms with Gasteiger partial charge in [-0.2, -0.15) is 0 Å². The Morgan fingerprint density at radius 1 is 1.24 bits per heavy atom. The number of aromatic amines is 1. The van der Waals surface area contributed by atoms with E-state index in [1.165, 1.54) is 0 Å². The summed E-state index contributed by atoms with van der Waals surface area (Å²) in [4.78, 5) is 12.3. The van der Waals surface area contributed by atoms with Crippen LogP contribution in [0, 0.1) is 0 Å². The summed E-state index contributed by atoms with van der Waals surface area (Å²) in [6.07, 6.45) is 2.56. The summed E-state index contributed by atoms with van der Waals surface area (Å²) in [6.45, 7) is 4.13. The number of aliphatic hydroxyl groups is 2. The standard InChI is InChI=1S/C15H22N4O2/c1-8(2)13-18-14-10(5-6-16-14)15(19-13)17-9-3-4-11(20)12(21)7-9/h5-6,8-9,11-12,20-21H,3-4,7H2,1-2H3,(H2,16,17,18,19)/t9?,11-,12+/m1/s1. The average molecular weight is 290 g/mol. The van der Waals surface area contributed by atoms with Crippen LogP contribution in [0.3, 0.4) is 0 Å². The fraction of sp³-hybridized carbons (Fsp3) is 0.600. The molecule has 3 rings (SSSR count). The van der Waals surface area contributed by atoms with Crippen molar-refractivity contribution in [2.45, 2.75) is 57.3 Å². The number of nitrogens with zero attached hydrogens (tertiary/aromatic N) is 2. The summed E-state index contributed by atoms with van der Waals surface area (Å²) < 4.78 is 0. The van der Waals surface area contributed by atoms with Gasteiger partial charge in [0.25, 0.3) is 0 Å². The van der Waals surface area contributed by atoms with Gasteiger partial charge in [-0.1, -0.05) is 13.8 Å². The Labute approximate surface area is 123 Å². The molecular weight excluding hydrogens is 268 g/mol. The molecule has 1 saturated carbocycles. The summed E-state index contributed by atoms with van der Waals surface area (Å²) >= 11 is 0. The van der Waals surface area contributed by atoms with Crippen LogP contribution >= 0.6 is 0 Å². The van der Waals surface area contributed by atoms with Crippen LogP contribution in [0.1, 0.15) is 44.9 Å². The van der Waals surface area contributed by atoms with Gasteiger partial charge in [0.1, 0.15) is 17.3 Å². The largest absolute Gasteiger partial charge is 0.390 e. The van der Waals surface area contributed by atoms with Gasteiger partial charge in [0.05, 0.1) is 17.6 Å². The highest BCUT2D eigenvalue weighted by atomic mass is 16.3. The Morgan fingerprint density at radius 3 is 2.76 bits per heavy atom. The fourth-order valence-electron chi connectivity index (χ4n) is 2.78. The second-order valence-electron chi connectivity index (χ2n) is 6.11. The molecule has 2 aromatic heterocycles. The number of nitrogens with one attached hydrogen (secondary N) is 2. The number of fused-ring (bicyclic) bond motifs is 1. The van der Waals surface area contributed by atoms with E-state index in [9.17, 15) is 10.2 Å². The van der Waals surface area contributed by atoms with Crippen LogP contribution in [0.4, 0.5) is 5.82 Å². The highest BCUT2D eigenvalue weighted by molar-refractivity contribution is 5.87. The second-order valence-corrected chi connectivity index (χ2v) is 6.11. The van der Waals surface area contributed by atoms with Crippen molar-refractivity contribution in [1.29, 1.82) is 0 Å². The topological polar surface area (TPSA) is 94.1 Å². The lowest BCUT2D eigenvalue weighted by Gasteiger charge is -2.31. The lowest BCUT2D eigenvalue weighted by Crippen LogP contribution is -2.39. The molecular formula is C15H22N4O2. The van der Waals surface area contributed by atoms with E-state index in [1.807, 2.05) is 12.3 Å². The van der Waals surface area contributed by atoms with E-state index in [0.29, 0.717) is 12.8 Å². The first-order chi connectivity index (χ1) is 10.0. The van der Waals surface area contributed by atoms with Gasteiger partial charge < -0.3 is 20.5 Å². The van der Waals surface area contributed by atoms with Crippen molar-refractivity contribution in [1.82, 2.24) is 15.0 Å². The van der Waals surface area contributed by atoms with Crippen LogP contribution in [-0.2, 0) is 0 Å². The quantitative estimate of drug-likeness (QED) is 0.691. The predicted molar refractivity (Wildman–Crippen MR) is 81.3 cm³/mol. The Hall–Kier alpha value is -1.66. The SMILES string of the molecule is CC(C)c1nc(NC2CC[C@@H](O)[C@@H](O)C2)c2cc[nH]c2n1. The summed E-state index contributed by atoms with van der Waals surface area (Å²) in [5.41, 5.74) is 0.826. The van der Waals surface area contributed by atoms with Crippen LogP contribution in [-0.4, -0.2) is 43.4 Å². The maximum absolute atomic E-state index is 9.81. The monoisotopic (exact) mass is 290 g/mol. The molecule has 0 bridgehead atoms. The Kier molecular flexibility index (Phi) is 3.82. The lowest BCUT2D eigenvalue weighted by molar-refractivity contribution is -0.0120. The number of rotatable bonds is 3. The van der Waals surface area contributed by atoms with Crippen LogP contribution in [0.25, 0.3) is 11.0 Å². The first-order valence-electron chi connectivity index (χ1n) is 7.52. The molecule has 0 amide bonds. The molecule has 0 aliphatic heterocycles. The van der Waals surface area contributed by atoms with Crippen molar-refractivity contribution < 1.29 is 10.2 Å². The molecule has 21 heavy (non-hydrogen) atoms. The third-order valence-electron chi connectivity index (χ3n) is 4.07. The molecule has 0 aromatic carbocycles. The molecule has 1 unspecified atom stereocenters. The van der Waals surface area contributed by atoms with E-state index in [2.05, 4.69) is 34.1 Å². The Bertz CT molecular complexity index is 625. The van der Waals surface area contributed by atoms with Crippen molar-refractivity contribution in [3.63, 3.8) is 0 Å². The molecule has 0 spiro atoms. The highest BCUT2D eigenvalue weighted by Gasteiger charge is 2.28. The number of aromatic nitrogens is 3. The van der Waals surface area contributed by atoms with Gasteiger partial charge >= 0.3 is 0 Å². The van der Waals surface area contributed by atoms with Gasteiger partial charge in [-0.05, 0) is 25.3 Å². The molecule has 2 aromatic rings. The highest BCUT2D eigenvalue weighted by Crippen LogP contribution is 2.27. The van der Waals surface area contributed by atoms with Gasteiger partial charge in [-0.25, -0.2) is 9.97 Å². The minimum absolute atomic E-state index is 0.122. The number of aliphatic hydroxyl groups excluding tert-OH is 2. The van der Waals surface area contributed by atoms with Crippen LogP contribution in [0.15, 0.2) is 12.3 Å². The number of anilines is 1. The maximum Gasteiger partial charge on any atom is 0.143 e. The molecule has 1 aliphatic carbocycles. The fourth-order valence-corrected chi connectivity index (χ4v) is 2.78. The average Bonchev–Trinajstić information content (AvgIpc) is 2.91. The molecule has 2 heterocycles. The van der Waals surface area contributed by atoms with Gasteiger partial charge in [0.2, 0.25) is 0 Å². The van der Waals surface area contributed by atoms with Gasteiger partial charge in [-0.15, -0.1) is 0 Å². The van der Waals surface area contributed by atoms with Crippen molar-refractivity contribution in [2.75, 3.05) is 5.32 Å². The van der Waals surface area contributed by atoms with Crippen molar-refractivity contribution in [2.24, 2.45) is 0 Å². The molecule has 6 heteroatoms. The zero-order chi connectivity index (χ0) is 15.0.